The number of nitrogens with zero attached hydrogens (tertiary/aromatic N) is 1. The summed E-state index contributed by atoms with van der Waals surface area (Å²) in [5, 5.41) is 1.52. The van der Waals surface area contributed by atoms with Crippen molar-refractivity contribution in [2.75, 3.05) is 18.2 Å². The molecule has 2 aliphatic heterocycles. The van der Waals surface area contributed by atoms with Crippen molar-refractivity contribution in [2.45, 2.75) is 11.8 Å². The molecule has 0 spiro atoms. The van der Waals surface area contributed by atoms with Crippen LogP contribution < -0.4 is 14.4 Å². The van der Waals surface area contributed by atoms with E-state index in [1.807, 2.05) is 12.1 Å². The first-order valence-electron chi connectivity index (χ1n) is 7.56. The summed E-state index contributed by atoms with van der Waals surface area (Å²) in [7, 11) is 0. The lowest BCUT2D eigenvalue weighted by molar-refractivity contribution is 0.104. The average molecular weight is 360 g/mol. The highest BCUT2D eigenvalue weighted by atomic mass is 35.5. The second-order valence-corrected chi connectivity index (χ2v) is 6.87. The molecule has 0 aliphatic carbocycles. The Kier molecular flexibility index (Phi) is 3.90. The molecule has 0 radical (unpaired) electrons. The molecule has 122 valence electrons. The summed E-state index contributed by atoms with van der Waals surface area (Å²) in [4.78, 5) is 15.7. The number of halogens is 1. The molecule has 24 heavy (non-hydrogen) atoms. The van der Waals surface area contributed by atoms with Gasteiger partial charge in [0.1, 0.15) is 0 Å². The van der Waals surface area contributed by atoms with E-state index in [-0.39, 0.29) is 12.6 Å². The smallest absolute Gasteiger partial charge is 0.231 e. The number of ether oxygens (including phenoxy) is 2. The van der Waals surface area contributed by atoms with E-state index in [0.717, 1.165) is 33.7 Å². The van der Waals surface area contributed by atoms with E-state index in [4.69, 9.17) is 21.1 Å². The van der Waals surface area contributed by atoms with Gasteiger partial charge in [-0.15, -0.1) is 0 Å². The van der Waals surface area contributed by atoms with Gasteiger partial charge in [0, 0.05) is 40.2 Å². The second-order valence-electron chi connectivity index (χ2n) is 5.37. The van der Waals surface area contributed by atoms with Crippen molar-refractivity contribution in [3.05, 3.63) is 58.1 Å². The lowest BCUT2D eigenvalue weighted by Crippen LogP contribution is -2.17. The van der Waals surface area contributed by atoms with Crippen LogP contribution in [0.2, 0.25) is 5.02 Å². The zero-order valence-electron chi connectivity index (χ0n) is 12.9. The van der Waals surface area contributed by atoms with Crippen molar-refractivity contribution >= 4 is 34.8 Å². The van der Waals surface area contributed by atoms with Gasteiger partial charge in [0.2, 0.25) is 6.79 Å². The topological polar surface area (TPSA) is 38.8 Å². The predicted octanol–water partition coefficient (Wildman–Crippen LogP) is 4.73. The summed E-state index contributed by atoms with van der Waals surface area (Å²) in [6, 6.07) is 10.9. The molecule has 2 aromatic carbocycles. The van der Waals surface area contributed by atoms with Gasteiger partial charge in [-0.1, -0.05) is 23.4 Å². The van der Waals surface area contributed by atoms with Gasteiger partial charge in [0.15, 0.2) is 17.3 Å². The summed E-state index contributed by atoms with van der Waals surface area (Å²) in [5.74, 6) is 1.46. The van der Waals surface area contributed by atoms with Gasteiger partial charge in [0.25, 0.3) is 0 Å². The van der Waals surface area contributed by atoms with Gasteiger partial charge in [0.05, 0.1) is 10.7 Å². The van der Waals surface area contributed by atoms with Crippen LogP contribution in [-0.4, -0.2) is 19.1 Å². The Morgan fingerprint density at radius 3 is 2.67 bits per heavy atom. The van der Waals surface area contributed by atoms with E-state index in [9.17, 15) is 4.79 Å². The third-order valence-electron chi connectivity index (χ3n) is 3.93. The molecule has 2 heterocycles. The Bertz CT molecular complexity index is 848. The van der Waals surface area contributed by atoms with E-state index in [1.54, 1.807) is 42.1 Å². The summed E-state index contributed by atoms with van der Waals surface area (Å²) >= 11 is 7.44. The Balaban J connectivity index is 1.66. The maximum absolute atomic E-state index is 12.5. The molecule has 0 unspecified atom stereocenters. The average Bonchev–Trinajstić information content (AvgIpc) is 3.16. The first-order valence-corrected chi connectivity index (χ1v) is 8.76. The highest BCUT2D eigenvalue weighted by Crippen LogP contribution is 2.51. The summed E-state index contributed by atoms with van der Waals surface area (Å²) in [6.45, 7) is 3.08. The number of hydrogen-bond donors (Lipinski definition) is 0. The van der Waals surface area contributed by atoms with Crippen LogP contribution >= 0.6 is 23.4 Å². The third-order valence-corrected chi connectivity index (χ3v) is 5.27. The zero-order chi connectivity index (χ0) is 16.7. The molecular weight excluding hydrogens is 346 g/mol. The summed E-state index contributed by atoms with van der Waals surface area (Å²) < 4.78 is 10.9. The van der Waals surface area contributed by atoms with Gasteiger partial charge >= 0.3 is 0 Å². The number of thioether (sulfide) groups is 1. The van der Waals surface area contributed by atoms with Gasteiger partial charge in [-0.05, 0) is 31.2 Å². The molecule has 0 amide bonds. The minimum absolute atomic E-state index is 0.0412. The standard InChI is InChI=1S/C18H14ClNO3S/c1-2-20-13-7-15-16(23-10-22-15)9-17(13)24-18(20)8-14(21)11-3-5-12(19)6-4-11/h3-9H,2,10H2,1H3/b18-8+. The second kappa shape index (κ2) is 6.07. The van der Waals surface area contributed by atoms with Crippen LogP contribution in [-0.2, 0) is 0 Å². The van der Waals surface area contributed by atoms with Crippen molar-refractivity contribution in [3.8, 4) is 11.5 Å². The molecule has 0 atom stereocenters. The number of anilines is 1. The van der Waals surface area contributed by atoms with Crippen LogP contribution in [0.5, 0.6) is 11.5 Å². The SMILES string of the molecule is CCN1/C(=C\C(=O)c2ccc(Cl)cc2)Sc2cc3c(cc21)OCO3. The van der Waals surface area contributed by atoms with Crippen LogP contribution in [0.1, 0.15) is 17.3 Å². The monoisotopic (exact) mass is 359 g/mol. The van der Waals surface area contributed by atoms with Gasteiger partial charge in [-0.2, -0.15) is 0 Å². The van der Waals surface area contributed by atoms with Crippen LogP contribution in [0.3, 0.4) is 0 Å². The lowest BCUT2D eigenvalue weighted by atomic mass is 10.1. The normalized spacial score (nSPS) is 16.6. The number of benzene rings is 2. The van der Waals surface area contributed by atoms with Gasteiger partial charge in [-0.25, -0.2) is 0 Å². The number of hydrogen-bond acceptors (Lipinski definition) is 5. The van der Waals surface area contributed by atoms with Crippen LogP contribution in [0.15, 0.2) is 52.4 Å². The van der Waals surface area contributed by atoms with Crippen molar-refractivity contribution in [3.63, 3.8) is 0 Å². The Morgan fingerprint density at radius 2 is 1.96 bits per heavy atom. The van der Waals surface area contributed by atoms with Crippen LogP contribution in [0.25, 0.3) is 0 Å². The van der Waals surface area contributed by atoms with Crippen molar-refractivity contribution in [1.82, 2.24) is 0 Å². The first-order chi connectivity index (χ1) is 11.7. The third kappa shape index (κ3) is 2.64. The molecular formula is C18H14ClNO3S. The minimum Gasteiger partial charge on any atom is -0.454 e. The minimum atomic E-state index is -0.0412. The van der Waals surface area contributed by atoms with Gasteiger partial charge in [-0.3, -0.25) is 4.79 Å². The Morgan fingerprint density at radius 1 is 1.25 bits per heavy atom. The van der Waals surface area contributed by atoms with Crippen LogP contribution in [0, 0.1) is 0 Å². The van der Waals surface area contributed by atoms with E-state index >= 15 is 0 Å². The van der Waals surface area contributed by atoms with E-state index < -0.39 is 0 Å². The number of carbonyl (C=O) groups is 1. The predicted molar refractivity (Wildman–Crippen MR) is 95.3 cm³/mol. The molecule has 0 saturated carbocycles. The maximum Gasteiger partial charge on any atom is 0.231 e. The highest BCUT2D eigenvalue weighted by Gasteiger charge is 2.28. The fourth-order valence-corrected chi connectivity index (χ4v) is 4.03. The molecule has 0 bridgehead atoms. The van der Waals surface area contributed by atoms with E-state index in [1.165, 1.54) is 0 Å². The molecule has 4 rings (SSSR count). The molecule has 0 aromatic heterocycles. The number of fused-ring (bicyclic) bond motifs is 2. The molecule has 0 fully saturated rings. The number of carbonyl (C=O) groups excluding carboxylic acids is 1. The number of allylic oxidation sites excluding steroid dienone is 1. The fourth-order valence-electron chi connectivity index (χ4n) is 2.73. The largest absolute Gasteiger partial charge is 0.454 e. The molecule has 0 N–H and O–H groups in total. The first kappa shape index (κ1) is 15.4. The molecule has 2 aliphatic rings. The Hall–Kier alpha value is -2.11. The molecule has 0 saturated heterocycles. The van der Waals surface area contributed by atoms with E-state index in [0.29, 0.717) is 10.6 Å². The zero-order valence-corrected chi connectivity index (χ0v) is 14.5. The molecule has 6 heteroatoms. The number of ketones is 1. The summed E-state index contributed by atoms with van der Waals surface area (Å²) in [5.41, 5.74) is 1.66. The Labute approximate surface area is 149 Å². The molecule has 2 aromatic rings. The summed E-state index contributed by atoms with van der Waals surface area (Å²) in [6.07, 6.45) is 1.67. The van der Waals surface area contributed by atoms with Crippen LogP contribution in [0.4, 0.5) is 5.69 Å². The lowest BCUT2D eigenvalue weighted by Gasteiger charge is -2.18. The van der Waals surface area contributed by atoms with Gasteiger partial charge < -0.3 is 14.4 Å². The molecule has 4 nitrogen and oxygen atoms in total. The highest BCUT2D eigenvalue weighted by molar-refractivity contribution is 8.03. The maximum atomic E-state index is 12.5. The van der Waals surface area contributed by atoms with Crippen molar-refractivity contribution in [2.24, 2.45) is 0 Å². The fraction of sp³-hybridized carbons (Fsp3) is 0.167. The number of rotatable bonds is 3. The van der Waals surface area contributed by atoms with Crippen molar-refractivity contribution < 1.29 is 14.3 Å². The van der Waals surface area contributed by atoms with E-state index in [2.05, 4.69) is 11.8 Å². The van der Waals surface area contributed by atoms with Crippen molar-refractivity contribution in [1.29, 1.82) is 0 Å². The quantitative estimate of drug-likeness (QED) is 0.585.